The molecular formula is C27H30BrFN6O3. The van der Waals surface area contributed by atoms with E-state index < -0.39 is 5.82 Å². The quantitative estimate of drug-likeness (QED) is 0.298. The third-order valence-electron chi connectivity index (χ3n) is 6.34. The number of benzene rings is 2. The van der Waals surface area contributed by atoms with Crippen molar-refractivity contribution in [3.05, 3.63) is 59.6 Å². The molecule has 3 N–H and O–H groups in total. The Morgan fingerprint density at radius 2 is 2.00 bits per heavy atom. The highest BCUT2D eigenvalue weighted by Gasteiger charge is 2.19. The second-order valence-corrected chi connectivity index (χ2v) is 10.1. The van der Waals surface area contributed by atoms with Crippen LogP contribution in [0.25, 0.3) is 10.9 Å². The molecule has 1 fully saturated rings. The first-order chi connectivity index (χ1) is 18.3. The number of likely N-dealkylation sites (tertiary alicyclic amines) is 1. The maximum Gasteiger partial charge on any atom is 0.243 e. The molecule has 3 aromatic rings. The molecule has 0 spiro atoms. The molecule has 0 bridgehead atoms. The molecule has 4 rings (SSSR count). The predicted octanol–water partition coefficient (Wildman–Crippen LogP) is 4.63. The molecule has 1 aliphatic heterocycles. The number of hydrogen-bond donors (Lipinski definition) is 3. The van der Waals surface area contributed by atoms with Crippen LogP contribution in [0, 0.1) is 11.7 Å². The van der Waals surface area contributed by atoms with Crippen LogP contribution < -0.4 is 20.7 Å². The number of rotatable bonds is 10. The Kier molecular flexibility index (Phi) is 9.24. The van der Waals surface area contributed by atoms with Gasteiger partial charge in [0.05, 0.1) is 23.5 Å². The summed E-state index contributed by atoms with van der Waals surface area (Å²) in [6.07, 6.45) is 4.67. The SMILES string of the molecule is C=CC(=O)NCCC(=O)Nc1cc2c(Nc3ccc(Br)cc3F)ncnc2cc1OCC1CCN(C)CC1. The Hall–Kier alpha value is -3.57. The largest absolute Gasteiger partial charge is 0.491 e. The molecule has 11 heteroatoms. The number of carbonyl (C=O) groups is 2. The van der Waals surface area contributed by atoms with Crippen molar-refractivity contribution in [2.75, 3.05) is 43.9 Å². The van der Waals surface area contributed by atoms with Crippen molar-refractivity contribution in [1.29, 1.82) is 0 Å². The summed E-state index contributed by atoms with van der Waals surface area (Å²) in [5, 5.41) is 9.08. The van der Waals surface area contributed by atoms with Crippen LogP contribution in [-0.2, 0) is 9.59 Å². The first-order valence-electron chi connectivity index (χ1n) is 12.3. The first-order valence-corrected chi connectivity index (χ1v) is 13.1. The van der Waals surface area contributed by atoms with Crippen molar-refractivity contribution in [2.24, 2.45) is 5.92 Å². The number of hydrogen-bond acceptors (Lipinski definition) is 7. The summed E-state index contributed by atoms with van der Waals surface area (Å²) >= 11 is 3.26. The normalized spacial score (nSPS) is 14.2. The molecule has 2 heterocycles. The molecule has 9 nitrogen and oxygen atoms in total. The van der Waals surface area contributed by atoms with Crippen LogP contribution in [0.4, 0.5) is 21.6 Å². The lowest BCUT2D eigenvalue weighted by Crippen LogP contribution is -2.32. The maximum absolute atomic E-state index is 14.5. The van der Waals surface area contributed by atoms with E-state index in [-0.39, 0.29) is 30.5 Å². The molecule has 2 aromatic carbocycles. The van der Waals surface area contributed by atoms with Crippen molar-refractivity contribution in [1.82, 2.24) is 20.2 Å². The zero-order chi connectivity index (χ0) is 27.1. The first kappa shape index (κ1) is 27.5. The predicted molar refractivity (Wildman–Crippen MR) is 149 cm³/mol. The summed E-state index contributed by atoms with van der Waals surface area (Å²) in [5.74, 6) is 0.176. The molecule has 1 aliphatic rings. The Labute approximate surface area is 229 Å². The van der Waals surface area contributed by atoms with Crippen molar-refractivity contribution in [3.8, 4) is 5.75 Å². The molecule has 1 aromatic heterocycles. The second kappa shape index (κ2) is 12.8. The maximum atomic E-state index is 14.5. The smallest absolute Gasteiger partial charge is 0.243 e. The zero-order valence-corrected chi connectivity index (χ0v) is 22.7. The lowest BCUT2D eigenvalue weighted by molar-refractivity contribution is -0.117. The van der Waals surface area contributed by atoms with E-state index in [2.05, 4.69) is 60.4 Å². The van der Waals surface area contributed by atoms with E-state index in [0.717, 1.165) is 32.0 Å². The van der Waals surface area contributed by atoms with Crippen LogP contribution in [0.2, 0.25) is 0 Å². The molecule has 0 saturated carbocycles. The van der Waals surface area contributed by atoms with Gasteiger partial charge in [0.25, 0.3) is 0 Å². The third-order valence-corrected chi connectivity index (χ3v) is 6.84. The summed E-state index contributed by atoms with van der Waals surface area (Å²) in [5.41, 5.74) is 1.27. The summed E-state index contributed by atoms with van der Waals surface area (Å²) in [7, 11) is 2.11. The summed E-state index contributed by atoms with van der Waals surface area (Å²) in [6, 6.07) is 8.16. The molecule has 38 heavy (non-hydrogen) atoms. The topological polar surface area (TPSA) is 108 Å². The number of amides is 2. The Morgan fingerprint density at radius 3 is 2.74 bits per heavy atom. The van der Waals surface area contributed by atoms with E-state index in [1.165, 1.54) is 12.4 Å². The summed E-state index contributed by atoms with van der Waals surface area (Å²) < 4.78 is 21.3. The monoisotopic (exact) mass is 584 g/mol. The van der Waals surface area contributed by atoms with E-state index in [1.54, 1.807) is 24.3 Å². The highest BCUT2D eigenvalue weighted by molar-refractivity contribution is 9.10. The van der Waals surface area contributed by atoms with Crippen molar-refractivity contribution >= 4 is 55.8 Å². The number of aromatic nitrogens is 2. The molecule has 0 unspecified atom stereocenters. The van der Waals surface area contributed by atoms with E-state index in [9.17, 15) is 14.0 Å². The van der Waals surface area contributed by atoms with Crippen LogP contribution in [0.3, 0.4) is 0 Å². The van der Waals surface area contributed by atoms with Gasteiger partial charge in [-0.05, 0) is 69.2 Å². The highest BCUT2D eigenvalue weighted by atomic mass is 79.9. The lowest BCUT2D eigenvalue weighted by Gasteiger charge is -2.29. The summed E-state index contributed by atoms with van der Waals surface area (Å²) in [4.78, 5) is 35.1. The van der Waals surface area contributed by atoms with Gasteiger partial charge in [-0.2, -0.15) is 0 Å². The van der Waals surface area contributed by atoms with Gasteiger partial charge in [-0.25, -0.2) is 14.4 Å². The van der Waals surface area contributed by atoms with E-state index >= 15 is 0 Å². The van der Waals surface area contributed by atoms with Gasteiger partial charge in [0.15, 0.2) is 0 Å². The molecule has 0 aliphatic carbocycles. The number of nitrogens with zero attached hydrogens (tertiary/aromatic N) is 3. The summed E-state index contributed by atoms with van der Waals surface area (Å²) in [6.45, 7) is 6.10. The molecule has 2 amide bonds. The van der Waals surface area contributed by atoms with E-state index in [0.29, 0.717) is 45.2 Å². The number of carbonyl (C=O) groups excluding carboxylic acids is 2. The van der Waals surface area contributed by atoms with Crippen LogP contribution in [0.1, 0.15) is 19.3 Å². The highest BCUT2D eigenvalue weighted by Crippen LogP contribution is 2.34. The van der Waals surface area contributed by atoms with Crippen molar-refractivity contribution in [3.63, 3.8) is 0 Å². The van der Waals surface area contributed by atoms with Gasteiger partial charge in [0, 0.05) is 28.9 Å². The fourth-order valence-electron chi connectivity index (χ4n) is 4.14. The van der Waals surface area contributed by atoms with E-state index in [1.807, 2.05) is 0 Å². The number of halogens is 2. The second-order valence-electron chi connectivity index (χ2n) is 9.19. The molecule has 0 radical (unpaired) electrons. The number of nitrogens with one attached hydrogen (secondary N) is 3. The van der Waals surface area contributed by atoms with Gasteiger partial charge in [0.2, 0.25) is 11.8 Å². The Bertz CT molecular complexity index is 1330. The fourth-order valence-corrected chi connectivity index (χ4v) is 4.47. The van der Waals surface area contributed by atoms with Crippen LogP contribution in [0.5, 0.6) is 5.75 Å². The Balaban J connectivity index is 1.60. The van der Waals surface area contributed by atoms with Gasteiger partial charge < -0.3 is 25.6 Å². The fraction of sp³-hybridized carbons (Fsp3) is 0.333. The van der Waals surface area contributed by atoms with Gasteiger partial charge in [-0.1, -0.05) is 22.5 Å². The number of anilines is 3. The van der Waals surface area contributed by atoms with Gasteiger partial charge in [-0.15, -0.1) is 0 Å². The van der Waals surface area contributed by atoms with Crippen LogP contribution in [0.15, 0.2) is 53.8 Å². The minimum atomic E-state index is -0.445. The number of ether oxygens (including phenoxy) is 1. The van der Waals surface area contributed by atoms with Crippen LogP contribution in [-0.4, -0.2) is 60.0 Å². The molecule has 0 atom stereocenters. The Morgan fingerprint density at radius 1 is 1.21 bits per heavy atom. The third kappa shape index (κ3) is 7.26. The van der Waals surface area contributed by atoms with E-state index in [4.69, 9.17) is 4.74 Å². The van der Waals surface area contributed by atoms with Gasteiger partial charge in [0.1, 0.15) is 23.7 Å². The zero-order valence-electron chi connectivity index (χ0n) is 21.1. The minimum Gasteiger partial charge on any atom is -0.491 e. The van der Waals surface area contributed by atoms with Crippen LogP contribution >= 0.6 is 15.9 Å². The van der Waals surface area contributed by atoms with Gasteiger partial charge >= 0.3 is 0 Å². The average molecular weight is 585 g/mol. The number of piperidine rings is 1. The van der Waals surface area contributed by atoms with Gasteiger partial charge in [-0.3, -0.25) is 9.59 Å². The molecule has 1 saturated heterocycles. The lowest BCUT2D eigenvalue weighted by atomic mass is 9.98. The number of fused-ring (bicyclic) bond motifs is 1. The van der Waals surface area contributed by atoms with Crippen molar-refractivity contribution in [2.45, 2.75) is 19.3 Å². The minimum absolute atomic E-state index is 0.0620. The standard InChI is InChI=1S/C27H30BrFN6O3/c1-3-25(36)30-9-6-26(37)33-23-13-19-22(14-24(23)38-15-17-7-10-35(2)11-8-17)31-16-32-27(19)34-21-5-4-18(28)12-20(21)29/h3-5,12-14,16-17H,1,6-11,15H2,2H3,(H,30,36)(H,33,37)(H,31,32,34). The van der Waals surface area contributed by atoms with Crippen molar-refractivity contribution < 1.29 is 18.7 Å². The molecule has 200 valence electrons. The average Bonchev–Trinajstić information content (AvgIpc) is 2.90. The molecular weight excluding hydrogens is 555 g/mol.